The van der Waals surface area contributed by atoms with Crippen LogP contribution in [-0.4, -0.2) is 54.0 Å². The lowest BCUT2D eigenvalue weighted by Crippen LogP contribution is -2.40. The van der Waals surface area contributed by atoms with Crippen molar-refractivity contribution in [2.75, 3.05) is 48.0 Å². The standard InChI is InChI=1S/C21H30N6O2S/c1-15-5-3-4-8-27(15)19-13-18(26-9-11-28-12-10-26)23-20(24-19)25-21(30)22-14-17-7-6-16(2)29-17/h6-7,13,15H,3-5,8-12,14H2,1-2H3,(H2,22,23,24,25,30)/t15-/m0/s1. The molecule has 162 valence electrons. The number of furan rings is 1. The SMILES string of the molecule is Cc1ccc(CNC(=S)Nc2nc(N3CCOCC3)cc(N3CCCC[C@@H]3C)n2)o1. The van der Waals surface area contributed by atoms with Gasteiger partial charge >= 0.3 is 0 Å². The normalized spacial score (nSPS) is 19.6. The van der Waals surface area contributed by atoms with Crippen molar-refractivity contribution >= 4 is 34.9 Å². The Morgan fingerprint density at radius 3 is 2.70 bits per heavy atom. The number of anilines is 3. The van der Waals surface area contributed by atoms with Gasteiger partial charge in [-0.3, -0.25) is 0 Å². The summed E-state index contributed by atoms with van der Waals surface area (Å²) < 4.78 is 11.1. The summed E-state index contributed by atoms with van der Waals surface area (Å²) in [6.07, 6.45) is 3.64. The molecule has 0 spiro atoms. The van der Waals surface area contributed by atoms with Crippen molar-refractivity contribution in [1.82, 2.24) is 15.3 Å². The van der Waals surface area contributed by atoms with Crippen molar-refractivity contribution in [3.8, 4) is 0 Å². The fourth-order valence-electron chi connectivity index (χ4n) is 3.91. The molecule has 0 aliphatic carbocycles. The zero-order chi connectivity index (χ0) is 20.9. The topological polar surface area (TPSA) is 78.7 Å². The smallest absolute Gasteiger partial charge is 0.232 e. The number of ether oxygens (including phenoxy) is 1. The maximum absolute atomic E-state index is 5.59. The molecule has 0 aromatic carbocycles. The van der Waals surface area contributed by atoms with Gasteiger partial charge in [-0.2, -0.15) is 9.97 Å². The lowest BCUT2D eigenvalue weighted by atomic mass is 10.0. The number of morpholine rings is 1. The van der Waals surface area contributed by atoms with Crippen molar-refractivity contribution < 1.29 is 9.15 Å². The molecule has 2 aromatic heterocycles. The van der Waals surface area contributed by atoms with Gasteiger partial charge in [0.25, 0.3) is 0 Å². The lowest BCUT2D eigenvalue weighted by Gasteiger charge is -2.35. The van der Waals surface area contributed by atoms with E-state index >= 15 is 0 Å². The Balaban J connectivity index is 1.51. The predicted octanol–water partition coefficient (Wildman–Crippen LogP) is 3.08. The number of hydrogen-bond acceptors (Lipinski definition) is 7. The van der Waals surface area contributed by atoms with Crippen LogP contribution in [-0.2, 0) is 11.3 Å². The fraction of sp³-hybridized carbons (Fsp3) is 0.571. The van der Waals surface area contributed by atoms with Crippen LogP contribution in [0, 0.1) is 6.92 Å². The highest BCUT2D eigenvalue weighted by Gasteiger charge is 2.23. The number of thiocarbonyl (C=S) groups is 1. The molecule has 30 heavy (non-hydrogen) atoms. The molecule has 4 rings (SSSR count). The van der Waals surface area contributed by atoms with Gasteiger partial charge in [0.1, 0.15) is 23.2 Å². The molecule has 2 saturated heterocycles. The molecule has 2 aliphatic rings. The first-order valence-corrected chi connectivity index (χ1v) is 11.1. The van der Waals surface area contributed by atoms with E-state index in [9.17, 15) is 0 Å². The maximum Gasteiger partial charge on any atom is 0.232 e. The largest absolute Gasteiger partial charge is 0.465 e. The van der Waals surface area contributed by atoms with E-state index in [1.54, 1.807) is 0 Å². The molecule has 0 unspecified atom stereocenters. The highest BCUT2D eigenvalue weighted by Crippen LogP contribution is 2.27. The molecule has 0 radical (unpaired) electrons. The van der Waals surface area contributed by atoms with Crippen LogP contribution < -0.4 is 20.4 Å². The average Bonchev–Trinajstić information content (AvgIpc) is 3.18. The molecule has 9 heteroatoms. The van der Waals surface area contributed by atoms with E-state index in [1.165, 1.54) is 19.3 Å². The first kappa shape index (κ1) is 20.9. The van der Waals surface area contributed by atoms with Gasteiger partial charge in [0.2, 0.25) is 5.95 Å². The number of aryl methyl sites for hydroxylation is 1. The maximum atomic E-state index is 5.59. The number of aromatic nitrogens is 2. The quantitative estimate of drug-likeness (QED) is 0.696. The number of nitrogens with one attached hydrogen (secondary N) is 2. The Morgan fingerprint density at radius 1 is 1.17 bits per heavy atom. The van der Waals surface area contributed by atoms with Crippen LogP contribution in [0.15, 0.2) is 22.6 Å². The molecule has 0 bridgehead atoms. The van der Waals surface area contributed by atoms with Gasteiger partial charge in [-0.1, -0.05) is 0 Å². The average molecular weight is 431 g/mol. The molecule has 2 fully saturated rings. The molecule has 0 amide bonds. The second-order valence-electron chi connectivity index (χ2n) is 7.87. The van der Waals surface area contributed by atoms with Gasteiger partial charge in [0.05, 0.1) is 19.8 Å². The van der Waals surface area contributed by atoms with Crippen molar-refractivity contribution in [3.63, 3.8) is 0 Å². The molecule has 0 saturated carbocycles. The summed E-state index contributed by atoms with van der Waals surface area (Å²) in [5.74, 6) is 4.09. The zero-order valence-corrected chi connectivity index (χ0v) is 18.5. The highest BCUT2D eigenvalue weighted by atomic mass is 32.1. The predicted molar refractivity (Wildman–Crippen MR) is 122 cm³/mol. The minimum absolute atomic E-state index is 0.464. The Labute approximate surface area is 183 Å². The van der Waals surface area contributed by atoms with E-state index in [0.717, 1.165) is 42.8 Å². The van der Waals surface area contributed by atoms with Gasteiger partial charge < -0.3 is 29.6 Å². The van der Waals surface area contributed by atoms with Gasteiger partial charge in [-0.25, -0.2) is 0 Å². The molecule has 1 atom stereocenters. The number of piperidine rings is 1. The Bertz CT molecular complexity index is 867. The van der Waals surface area contributed by atoms with Crippen molar-refractivity contribution in [2.45, 2.75) is 45.7 Å². The van der Waals surface area contributed by atoms with Crippen LogP contribution in [0.25, 0.3) is 0 Å². The zero-order valence-electron chi connectivity index (χ0n) is 17.7. The second kappa shape index (κ2) is 9.61. The van der Waals surface area contributed by atoms with E-state index in [1.807, 2.05) is 19.1 Å². The fourth-order valence-corrected chi connectivity index (χ4v) is 4.07. The van der Waals surface area contributed by atoms with Gasteiger partial charge in [0, 0.05) is 31.7 Å². The molecular weight excluding hydrogens is 400 g/mol. The molecule has 2 aliphatic heterocycles. The van der Waals surface area contributed by atoms with E-state index in [-0.39, 0.29) is 0 Å². The number of rotatable bonds is 5. The molecular formula is C21H30N6O2S. The number of nitrogens with zero attached hydrogens (tertiary/aromatic N) is 4. The highest BCUT2D eigenvalue weighted by molar-refractivity contribution is 7.80. The van der Waals surface area contributed by atoms with Crippen molar-refractivity contribution in [2.24, 2.45) is 0 Å². The van der Waals surface area contributed by atoms with Crippen LogP contribution in [0.2, 0.25) is 0 Å². The van der Waals surface area contributed by atoms with Crippen LogP contribution in [0.4, 0.5) is 17.6 Å². The minimum atomic E-state index is 0.464. The minimum Gasteiger partial charge on any atom is -0.465 e. The third-order valence-corrected chi connectivity index (χ3v) is 5.82. The van der Waals surface area contributed by atoms with Crippen LogP contribution in [0.5, 0.6) is 0 Å². The molecule has 2 N–H and O–H groups in total. The van der Waals surface area contributed by atoms with E-state index in [4.69, 9.17) is 31.3 Å². The number of hydrogen-bond donors (Lipinski definition) is 2. The first-order chi connectivity index (χ1) is 14.6. The van der Waals surface area contributed by atoms with Gasteiger partial charge in [-0.05, 0) is 57.5 Å². The van der Waals surface area contributed by atoms with Gasteiger partial charge in [-0.15, -0.1) is 0 Å². The molecule has 8 nitrogen and oxygen atoms in total. The monoisotopic (exact) mass is 430 g/mol. The van der Waals surface area contributed by atoms with Crippen molar-refractivity contribution in [1.29, 1.82) is 0 Å². The summed E-state index contributed by atoms with van der Waals surface area (Å²) in [5.41, 5.74) is 0. The summed E-state index contributed by atoms with van der Waals surface area (Å²) in [7, 11) is 0. The van der Waals surface area contributed by atoms with E-state index in [2.05, 4.69) is 33.4 Å². The molecule has 2 aromatic rings. The van der Waals surface area contributed by atoms with Gasteiger partial charge in [0.15, 0.2) is 5.11 Å². The van der Waals surface area contributed by atoms with Crippen LogP contribution >= 0.6 is 12.2 Å². The van der Waals surface area contributed by atoms with E-state index < -0.39 is 0 Å². The van der Waals surface area contributed by atoms with Crippen LogP contribution in [0.1, 0.15) is 37.7 Å². The third kappa shape index (κ3) is 5.20. The summed E-state index contributed by atoms with van der Waals surface area (Å²) in [6.45, 7) is 8.79. The summed E-state index contributed by atoms with van der Waals surface area (Å²) in [4.78, 5) is 14.2. The van der Waals surface area contributed by atoms with Crippen LogP contribution in [0.3, 0.4) is 0 Å². The Morgan fingerprint density at radius 2 is 1.97 bits per heavy atom. The summed E-state index contributed by atoms with van der Waals surface area (Å²) in [5, 5.41) is 6.80. The Kier molecular flexibility index (Phi) is 6.69. The molecule has 4 heterocycles. The second-order valence-corrected chi connectivity index (χ2v) is 8.27. The summed E-state index contributed by atoms with van der Waals surface area (Å²) in [6, 6.07) is 6.44. The Hall–Kier alpha value is -2.39. The van der Waals surface area contributed by atoms with E-state index in [0.29, 0.717) is 36.9 Å². The third-order valence-electron chi connectivity index (χ3n) is 5.58. The first-order valence-electron chi connectivity index (χ1n) is 10.7. The van der Waals surface area contributed by atoms with Crippen molar-refractivity contribution in [3.05, 3.63) is 29.7 Å². The lowest BCUT2D eigenvalue weighted by molar-refractivity contribution is 0.122. The summed E-state index contributed by atoms with van der Waals surface area (Å²) >= 11 is 5.47.